The van der Waals surface area contributed by atoms with Crippen molar-refractivity contribution in [2.75, 3.05) is 7.11 Å². The minimum absolute atomic E-state index is 0.209. The van der Waals surface area contributed by atoms with Gasteiger partial charge in [-0.25, -0.2) is 9.59 Å². The fourth-order valence-corrected chi connectivity index (χ4v) is 2.44. The number of nitrogens with zero attached hydrogens (tertiary/aromatic N) is 2. The van der Waals surface area contributed by atoms with Crippen molar-refractivity contribution >= 4 is 12.1 Å². The smallest absolute Gasteiger partial charge is 0.407 e. The molecule has 1 N–H and O–H groups in total. The number of amides is 1. The average Bonchev–Trinajstić information content (AvgIpc) is 2.60. The molecule has 0 saturated carbocycles. The van der Waals surface area contributed by atoms with Crippen LogP contribution < -0.4 is 0 Å². The third-order valence-corrected chi connectivity index (χ3v) is 3.79. The van der Waals surface area contributed by atoms with Gasteiger partial charge in [-0.2, -0.15) is 0 Å². The first-order chi connectivity index (χ1) is 11.5. The molecular weight excluding hydrogens is 308 g/mol. The zero-order valence-electron chi connectivity index (χ0n) is 13.7. The molecule has 0 bridgehead atoms. The normalized spacial score (nSPS) is 11.6. The van der Waals surface area contributed by atoms with Crippen molar-refractivity contribution in [1.29, 1.82) is 0 Å². The van der Waals surface area contributed by atoms with Gasteiger partial charge in [0.2, 0.25) is 0 Å². The summed E-state index contributed by atoms with van der Waals surface area (Å²) in [4.78, 5) is 28.3. The zero-order chi connectivity index (χ0) is 17.5. The number of aromatic nitrogens is 1. The van der Waals surface area contributed by atoms with Gasteiger partial charge in [0.15, 0.2) is 0 Å². The van der Waals surface area contributed by atoms with Crippen LogP contribution >= 0.6 is 0 Å². The molecule has 1 amide bonds. The summed E-state index contributed by atoms with van der Waals surface area (Å²) in [5.41, 5.74) is 2.32. The van der Waals surface area contributed by atoms with Crippen molar-refractivity contribution in [3.8, 4) is 0 Å². The van der Waals surface area contributed by atoms with Crippen molar-refractivity contribution in [2.24, 2.45) is 0 Å². The molecule has 126 valence electrons. The summed E-state index contributed by atoms with van der Waals surface area (Å²) in [6.45, 7) is 2.17. The molecule has 0 spiro atoms. The molecule has 0 aliphatic carbocycles. The van der Waals surface area contributed by atoms with Crippen molar-refractivity contribution in [1.82, 2.24) is 9.88 Å². The van der Waals surface area contributed by atoms with E-state index in [9.17, 15) is 14.7 Å². The second-order valence-corrected chi connectivity index (χ2v) is 5.51. The summed E-state index contributed by atoms with van der Waals surface area (Å²) in [6, 6.07) is 10.4. The monoisotopic (exact) mass is 328 g/mol. The van der Waals surface area contributed by atoms with Gasteiger partial charge < -0.3 is 14.7 Å². The Bertz CT molecular complexity index is 686. The molecule has 2 rings (SSSR count). The largest absolute Gasteiger partial charge is 0.465 e. The quantitative estimate of drug-likeness (QED) is 0.825. The predicted octanol–water partition coefficient (Wildman–Crippen LogP) is 2.98. The number of carbonyl (C=O) groups excluding carboxylic acids is 1. The molecule has 1 aromatic heterocycles. The highest BCUT2D eigenvalue weighted by Crippen LogP contribution is 2.14. The number of esters is 1. The number of ether oxygens (including phenoxy) is 1. The number of pyridine rings is 1. The van der Waals surface area contributed by atoms with E-state index >= 15 is 0 Å². The highest BCUT2D eigenvalue weighted by Gasteiger charge is 2.20. The van der Waals surface area contributed by atoms with Crippen molar-refractivity contribution in [3.05, 3.63) is 65.5 Å². The van der Waals surface area contributed by atoms with E-state index in [4.69, 9.17) is 0 Å². The van der Waals surface area contributed by atoms with Crippen molar-refractivity contribution in [2.45, 2.75) is 25.9 Å². The number of carbonyl (C=O) groups is 2. The standard InChI is InChI=1S/C18H20N2O4/c1-13(11-14-3-5-16(6-4-14)17(21)24-2)20(18(22)23)12-15-7-9-19-10-8-15/h3-10,13H,11-12H2,1-2H3,(H,22,23). The highest BCUT2D eigenvalue weighted by atomic mass is 16.5. The van der Waals surface area contributed by atoms with Crippen LogP contribution in [0.2, 0.25) is 0 Å². The van der Waals surface area contributed by atoms with Crippen LogP contribution in [0.5, 0.6) is 0 Å². The fourth-order valence-electron chi connectivity index (χ4n) is 2.44. The molecule has 0 aliphatic heterocycles. The molecule has 6 heteroatoms. The molecule has 1 unspecified atom stereocenters. The van der Waals surface area contributed by atoms with Crippen LogP contribution in [0, 0.1) is 0 Å². The van der Waals surface area contributed by atoms with E-state index in [1.165, 1.54) is 12.0 Å². The Morgan fingerprint density at radius 1 is 1.12 bits per heavy atom. The zero-order valence-corrected chi connectivity index (χ0v) is 13.7. The lowest BCUT2D eigenvalue weighted by Crippen LogP contribution is -2.38. The molecular formula is C18H20N2O4. The van der Waals surface area contributed by atoms with E-state index in [2.05, 4.69) is 9.72 Å². The first kappa shape index (κ1) is 17.5. The van der Waals surface area contributed by atoms with E-state index < -0.39 is 6.09 Å². The molecule has 0 aliphatic rings. The third-order valence-electron chi connectivity index (χ3n) is 3.79. The Balaban J connectivity index is 2.06. The maximum absolute atomic E-state index is 11.6. The lowest BCUT2D eigenvalue weighted by atomic mass is 10.0. The highest BCUT2D eigenvalue weighted by molar-refractivity contribution is 5.89. The SMILES string of the molecule is COC(=O)c1ccc(CC(C)N(Cc2ccncc2)C(=O)O)cc1. The van der Waals surface area contributed by atoms with Crippen LogP contribution in [-0.4, -0.2) is 40.2 Å². The average molecular weight is 328 g/mol. The summed E-state index contributed by atoms with van der Waals surface area (Å²) in [7, 11) is 1.34. The summed E-state index contributed by atoms with van der Waals surface area (Å²) >= 11 is 0. The Kier molecular flexibility index (Phi) is 5.89. The summed E-state index contributed by atoms with van der Waals surface area (Å²) in [5, 5.41) is 9.48. The van der Waals surface area contributed by atoms with E-state index in [1.807, 2.05) is 19.1 Å². The maximum Gasteiger partial charge on any atom is 0.407 e. The molecule has 0 fully saturated rings. The molecule has 1 heterocycles. The van der Waals surface area contributed by atoms with Gasteiger partial charge in [-0.15, -0.1) is 0 Å². The molecule has 6 nitrogen and oxygen atoms in total. The van der Waals surface area contributed by atoms with E-state index in [1.54, 1.807) is 36.7 Å². The van der Waals surface area contributed by atoms with Gasteiger partial charge in [-0.1, -0.05) is 12.1 Å². The Labute approximate surface area is 140 Å². The molecule has 2 aromatic rings. The first-order valence-corrected chi connectivity index (χ1v) is 7.57. The van der Waals surface area contributed by atoms with Crippen LogP contribution in [0.15, 0.2) is 48.8 Å². The number of hydrogen-bond acceptors (Lipinski definition) is 4. The minimum atomic E-state index is -0.967. The van der Waals surface area contributed by atoms with Crippen LogP contribution in [0.25, 0.3) is 0 Å². The van der Waals surface area contributed by atoms with Crippen molar-refractivity contribution in [3.63, 3.8) is 0 Å². The predicted molar refractivity (Wildman–Crippen MR) is 88.8 cm³/mol. The van der Waals surface area contributed by atoms with Crippen LogP contribution in [-0.2, 0) is 17.7 Å². The lowest BCUT2D eigenvalue weighted by molar-refractivity contribution is 0.0600. The van der Waals surface area contributed by atoms with E-state index in [0.29, 0.717) is 18.5 Å². The summed E-state index contributed by atoms with van der Waals surface area (Å²) in [5.74, 6) is -0.389. The van der Waals surface area contributed by atoms with Gasteiger partial charge in [0, 0.05) is 25.0 Å². The Hall–Kier alpha value is -2.89. The number of benzene rings is 1. The molecule has 0 radical (unpaired) electrons. The molecule has 1 aromatic carbocycles. The van der Waals surface area contributed by atoms with Crippen molar-refractivity contribution < 1.29 is 19.4 Å². The fraction of sp³-hybridized carbons (Fsp3) is 0.278. The summed E-state index contributed by atoms with van der Waals surface area (Å²) in [6.07, 6.45) is 2.88. The van der Waals surface area contributed by atoms with Crippen LogP contribution in [0.3, 0.4) is 0 Å². The van der Waals surface area contributed by atoms with Gasteiger partial charge in [-0.05, 0) is 48.7 Å². The topological polar surface area (TPSA) is 79.7 Å². The van der Waals surface area contributed by atoms with Crippen LogP contribution in [0.1, 0.15) is 28.4 Å². The molecule has 24 heavy (non-hydrogen) atoms. The molecule has 1 atom stereocenters. The third kappa shape index (κ3) is 4.55. The first-order valence-electron chi connectivity index (χ1n) is 7.57. The summed E-state index contributed by atoms with van der Waals surface area (Å²) < 4.78 is 4.66. The number of carboxylic acid groups (broad SMARTS) is 1. The minimum Gasteiger partial charge on any atom is -0.465 e. The maximum atomic E-state index is 11.6. The van der Waals surface area contributed by atoms with E-state index in [-0.39, 0.29) is 12.0 Å². The van der Waals surface area contributed by atoms with Gasteiger partial charge in [0.05, 0.1) is 12.7 Å². The van der Waals surface area contributed by atoms with E-state index in [0.717, 1.165) is 11.1 Å². The van der Waals surface area contributed by atoms with Gasteiger partial charge in [0.1, 0.15) is 0 Å². The molecule has 0 saturated heterocycles. The Morgan fingerprint density at radius 2 is 1.75 bits per heavy atom. The number of rotatable bonds is 6. The lowest BCUT2D eigenvalue weighted by Gasteiger charge is -2.26. The van der Waals surface area contributed by atoms with Crippen LogP contribution in [0.4, 0.5) is 4.79 Å². The second kappa shape index (κ2) is 8.10. The van der Waals surface area contributed by atoms with Gasteiger partial charge in [-0.3, -0.25) is 4.98 Å². The van der Waals surface area contributed by atoms with Gasteiger partial charge >= 0.3 is 12.1 Å². The Morgan fingerprint density at radius 3 is 2.29 bits per heavy atom. The number of methoxy groups -OCH3 is 1. The van der Waals surface area contributed by atoms with Gasteiger partial charge in [0.25, 0.3) is 0 Å². The second-order valence-electron chi connectivity index (χ2n) is 5.51. The number of hydrogen-bond donors (Lipinski definition) is 1.